The van der Waals surface area contributed by atoms with Gasteiger partial charge in [0.2, 0.25) is 5.89 Å². The van der Waals surface area contributed by atoms with Crippen molar-refractivity contribution in [1.29, 1.82) is 5.26 Å². The minimum atomic E-state index is -4.20. The van der Waals surface area contributed by atoms with Gasteiger partial charge in [-0.3, -0.25) is 0 Å². The quantitative estimate of drug-likeness (QED) is 0.689. The fraction of sp³-hybridized carbons (Fsp3) is 0.727. The summed E-state index contributed by atoms with van der Waals surface area (Å²) in [5, 5.41) is 12.0. The number of nitriles is 1. The number of halogens is 4. The fourth-order valence-corrected chi connectivity index (χ4v) is 1.30. The van der Waals surface area contributed by atoms with E-state index in [1.54, 1.807) is 0 Å². The molecule has 0 saturated heterocycles. The highest BCUT2D eigenvalue weighted by atomic mass is 19.3. The molecular formula is C11H13F4N3O2. The summed E-state index contributed by atoms with van der Waals surface area (Å²) in [6, 6.07) is 1.99. The molecule has 20 heavy (non-hydrogen) atoms. The Balaban J connectivity index is 2.40. The lowest BCUT2D eigenvalue weighted by Crippen LogP contribution is -2.32. The molecule has 1 unspecified atom stereocenters. The van der Waals surface area contributed by atoms with Crippen LogP contribution in [-0.4, -0.2) is 29.1 Å². The molecule has 0 spiro atoms. The molecule has 0 bridgehead atoms. The molecule has 0 amide bonds. The second-order valence-electron chi connectivity index (χ2n) is 4.33. The van der Waals surface area contributed by atoms with Gasteiger partial charge < -0.3 is 9.26 Å². The molecule has 1 heterocycles. The van der Waals surface area contributed by atoms with Crippen LogP contribution in [0.25, 0.3) is 0 Å². The van der Waals surface area contributed by atoms with Gasteiger partial charge in [0, 0.05) is 12.8 Å². The standard InChI is InChI=1S/C11H13F4N3O2/c1-7(2-3-16)4-9-17-8(18-20-9)5-19-6-11(14,15)10(12)13/h7,10H,2,4-6H2,1H3. The van der Waals surface area contributed by atoms with Gasteiger partial charge in [-0.05, 0) is 5.92 Å². The molecule has 0 fully saturated rings. The van der Waals surface area contributed by atoms with E-state index < -0.39 is 25.6 Å². The molecule has 1 aromatic rings. The lowest BCUT2D eigenvalue weighted by Gasteiger charge is -2.14. The van der Waals surface area contributed by atoms with Crippen molar-refractivity contribution in [2.45, 2.75) is 38.7 Å². The van der Waals surface area contributed by atoms with Gasteiger partial charge in [-0.25, -0.2) is 8.78 Å². The predicted octanol–water partition coefficient (Wildman–Crippen LogP) is 2.58. The van der Waals surface area contributed by atoms with Crippen LogP contribution in [-0.2, 0) is 17.8 Å². The van der Waals surface area contributed by atoms with Crippen LogP contribution in [0.4, 0.5) is 17.6 Å². The summed E-state index contributed by atoms with van der Waals surface area (Å²) >= 11 is 0. The van der Waals surface area contributed by atoms with Crippen LogP contribution < -0.4 is 0 Å². The highest BCUT2D eigenvalue weighted by Crippen LogP contribution is 2.23. The monoisotopic (exact) mass is 295 g/mol. The zero-order chi connectivity index (χ0) is 15.2. The summed E-state index contributed by atoms with van der Waals surface area (Å²) in [5.74, 6) is -3.95. The van der Waals surface area contributed by atoms with Gasteiger partial charge in [0.15, 0.2) is 5.82 Å². The van der Waals surface area contributed by atoms with E-state index >= 15 is 0 Å². The molecule has 0 aromatic carbocycles. The van der Waals surface area contributed by atoms with Crippen LogP contribution in [0.2, 0.25) is 0 Å². The summed E-state index contributed by atoms with van der Waals surface area (Å²) in [6.45, 7) is -0.0510. The first-order valence-electron chi connectivity index (χ1n) is 5.77. The van der Waals surface area contributed by atoms with Gasteiger partial charge in [-0.15, -0.1) is 0 Å². The second kappa shape index (κ2) is 7.19. The topological polar surface area (TPSA) is 71.9 Å². The maximum Gasteiger partial charge on any atom is 0.330 e. The molecule has 1 aromatic heterocycles. The molecule has 0 aliphatic heterocycles. The van der Waals surface area contributed by atoms with E-state index in [0.29, 0.717) is 12.8 Å². The van der Waals surface area contributed by atoms with Crippen molar-refractivity contribution in [2.75, 3.05) is 6.61 Å². The van der Waals surface area contributed by atoms with Gasteiger partial charge in [0.25, 0.3) is 0 Å². The van der Waals surface area contributed by atoms with Crippen molar-refractivity contribution in [3.63, 3.8) is 0 Å². The van der Waals surface area contributed by atoms with Crippen LogP contribution in [0.5, 0.6) is 0 Å². The van der Waals surface area contributed by atoms with Crippen molar-refractivity contribution < 1.29 is 26.8 Å². The third-order valence-corrected chi connectivity index (χ3v) is 2.32. The van der Waals surface area contributed by atoms with Crippen LogP contribution in [0.15, 0.2) is 4.52 Å². The Morgan fingerprint density at radius 3 is 2.75 bits per heavy atom. The zero-order valence-corrected chi connectivity index (χ0v) is 10.7. The first-order chi connectivity index (χ1) is 9.35. The molecule has 1 rings (SSSR count). The molecule has 0 aliphatic rings. The number of hydrogen-bond acceptors (Lipinski definition) is 5. The second-order valence-corrected chi connectivity index (χ2v) is 4.33. The fourth-order valence-electron chi connectivity index (χ4n) is 1.30. The summed E-state index contributed by atoms with van der Waals surface area (Å²) < 4.78 is 58.1. The SMILES string of the molecule is CC(CC#N)Cc1nc(COCC(F)(F)C(F)F)no1. The number of hydrogen-bond donors (Lipinski definition) is 0. The Kier molecular flexibility index (Phi) is 5.88. The van der Waals surface area contributed by atoms with Gasteiger partial charge in [0.05, 0.1) is 6.07 Å². The van der Waals surface area contributed by atoms with Crippen LogP contribution in [0.1, 0.15) is 25.1 Å². The highest BCUT2D eigenvalue weighted by Gasteiger charge is 2.41. The minimum Gasteiger partial charge on any atom is -0.367 e. The van der Waals surface area contributed by atoms with Crippen LogP contribution in [0, 0.1) is 17.2 Å². The Hall–Kier alpha value is -1.69. The Bertz CT molecular complexity index is 459. The van der Waals surface area contributed by atoms with Crippen molar-refractivity contribution in [2.24, 2.45) is 5.92 Å². The number of nitrogens with zero attached hydrogens (tertiary/aromatic N) is 3. The summed E-state index contributed by atoms with van der Waals surface area (Å²) in [4.78, 5) is 3.85. The van der Waals surface area contributed by atoms with Gasteiger partial charge >= 0.3 is 12.3 Å². The largest absolute Gasteiger partial charge is 0.367 e. The summed E-state index contributed by atoms with van der Waals surface area (Å²) in [7, 11) is 0. The average Bonchev–Trinajstić information content (AvgIpc) is 2.76. The zero-order valence-electron chi connectivity index (χ0n) is 10.7. The van der Waals surface area contributed by atoms with E-state index in [9.17, 15) is 17.6 Å². The lowest BCUT2D eigenvalue weighted by atomic mass is 10.1. The Morgan fingerprint density at radius 2 is 2.15 bits per heavy atom. The minimum absolute atomic E-state index is 0.00535. The van der Waals surface area contributed by atoms with Crippen molar-refractivity contribution in [1.82, 2.24) is 10.1 Å². The predicted molar refractivity (Wildman–Crippen MR) is 58.0 cm³/mol. The van der Waals surface area contributed by atoms with Crippen molar-refractivity contribution in [3.8, 4) is 6.07 Å². The van der Waals surface area contributed by atoms with E-state index in [-0.39, 0.29) is 17.6 Å². The van der Waals surface area contributed by atoms with E-state index in [1.165, 1.54) is 0 Å². The molecule has 1 atom stereocenters. The lowest BCUT2D eigenvalue weighted by molar-refractivity contribution is -0.168. The van der Waals surface area contributed by atoms with E-state index in [4.69, 9.17) is 9.78 Å². The van der Waals surface area contributed by atoms with Crippen molar-refractivity contribution >= 4 is 0 Å². The first kappa shape index (κ1) is 16.4. The van der Waals surface area contributed by atoms with Crippen molar-refractivity contribution in [3.05, 3.63) is 11.7 Å². The van der Waals surface area contributed by atoms with Crippen LogP contribution in [0.3, 0.4) is 0 Å². The molecule has 0 saturated carbocycles. The van der Waals surface area contributed by atoms with E-state index in [1.807, 2.05) is 13.0 Å². The van der Waals surface area contributed by atoms with E-state index in [0.717, 1.165) is 0 Å². The van der Waals surface area contributed by atoms with Gasteiger partial charge in [-0.1, -0.05) is 12.1 Å². The Labute approximate surface area is 112 Å². The number of alkyl halides is 4. The molecule has 9 heteroatoms. The third kappa shape index (κ3) is 5.13. The number of aromatic nitrogens is 2. The molecule has 0 aliphatic carbocycles. The number of ether oxygens (including phenoxy) is 1. The summed E-state index contributed by atoms with van der Waals surface area (Å²) in [5.41, 5.74) is 0. The first-order valence-corrected chi connectivity index (χ1v) is 5.77. The summed E-state index contributed by atoms with van der Waals surface area (Å²) in [6.07, 6.45) is -3.10. The molecule has 0 radical (unpaired) electrons. The van der Waals surface area contributed by atoms with Crippen LogP contribution >= 0.6 is 0 Å². The molecule has 112 valence electrons. The highest BCUT2D eigenvalue weighted by molar-refractivity contribution is 4.88. The number of rotatable bonds is 8. The molecular weight excluding hydrogens is 282 g/mol. The van der Waals surface area contributed by atoms with E-state index in [2.05, 4.69) is 14.9 Å². The maximum atomic E-state index is 12.5. The van der Waals surface area contributed by atoms with Gasteiger partial charge in [-0.2, -0.15) is 19.0 Å². The third-order valence-electron chi connectivity index (χ3n) is 2.32. The normalized spacial score (nSPS) is 13.4. The average molecular weight is 295 g/mol. The molecule has 0 N–H and O–H groups in total. The smallest absolute Gasteiger partial charge is 0.330 e. The Morgan fingerprint density at radius 1 is 1.45 bits per heavy atom. The maximum absolute atomic E-state index is 12.5. The molecule has 5 nitrogen and oxygen atoms in total. The van der Waals surface area contributed by atoms with Gasteiger partial charge in [0.1, 0.15) is 13.2 Å².